The number of ether oxygens (including phenoxy) is 1. The molecule has 1 aliphatic rings. The highest BCUT2D eigenvalue weighted by Crippen LogP contribution is 2.51. The van der Waals surface area contributed by atoms with Crippen LogP contribution in [0.3, 0.4) is 0 Å². The van der Waals surface area contributed by atoms with Crippen LogP contribution in [0.4, 0.5) is 22.0 Å². The van der Waals surface area contributed by atoms with Crippen LogP contribution in [0.25, 0.3) is 0 Å². The Bertz CT molecular complexity index is 968. The second kappa shape index (κ2) is 5.64. The van der Waals surface area contributed by atoms with Crippen LogP contribution in [0.15, 0.2) is 29.4 Å². The fourth-order valence-corrected chi connectivity index (χ4v) is 3.70. The lowest BCUT2D eigenvalue weighted by atomic mass is 10.1. The molecular formula is C14H11F5N2O4S. The van der Waals surface area contributed by atoms with E-state index in [1.807, 2.05) is 0 Å². The molecule has 1 atom stereocenters. The number of rotatable bonds is 3. The van der Waals surface area contributed by atoms with E-state index in [0.717, 1.165) is 6.07 Å². The summed E-state index contributed by atoms with van der Waals surface area (Å²) >= 11 is 0. The molecule has 0 amide bonds. The molecule has 0 saturated carbocycles. The molecule has 2 aromatic rings. The number of fused-ring (bicyclic) bond motifs is 1. The van der Waals surface area contributed by atoms with Gasteiger partial charge in [0, 0.05) is 24.6 Å². The zero-order valence-corrected chi connectivity index (χ0v) is 13.8. The van der Waals surface area contributed by atoms with Crippen LogP contribution in [0.2, 0.25) is 0 Å². The summed E-state index contributed by atoms with van der Waals surface area (Å²) in [5, 5.41) is 13.5. The zero-order chi connectivity index (χ0) is 19.5. The molecule has 3 rings (SSSR count). The highest BCUT2D eigenvalue weighted by Gasteiger charge is 2.55. The van der Waals surface area contributed by atoms with Gasteiger partial charge in [0.15, 0.2) is 5.75 Å². The van der Waals surface area contributed by atoms with Gasteiger partial charge in [-0.05, 0) is 12.1 Å². The third-order valence-corrected chi connectivity index (χ3v) is 5.41. The number of halogens is 5. The maximum Gasteiger partial charge on any atom is 0.501 e. The minimum absolute atomic E-state index is 0.103. The first-order valence-electron chi connectivity index (χ1n) is 7.04. The molecule has 1 heterocycles. The molecule has 0 unspecified atom stereocenters. The van der Waals surface area contributed by atoms with E-state index >= 15 is 0 Å². The number of benzene rings is 1. The first-order chi connectivity index (χ1) is 11.8. The lowest BCUT2D eigenvalue weighted by molar-refractivity contribution is -0.0978. The minimum atomic E-state index is -5.94. The number of aliphatic hydroxyl groups is 1. The van der Waals surface area contributed by atoms with E-state index in [1.54, 1.807) is 7.05 Å². The SMILES string of the molecule is Cn1cc(Oc2ccc(S(=O)(=O)C(F)(F)F)c3c2CC(F)(F)[C@H]3O)cn1. The fourth-order valence-electron chi connectivity index (χ4n) is 2.68. The smallest absolute Gasteiger partial charge is 0.454 e. The number of aryl methyl sites for hydroxylation is 1. The van der Waals surface area contributed by atoms with Crippen LogP contribution < -0.4 is 4.74 Å². The van der Waals surface area contributed by atoms with Crippen LogP contribution in [0.1, 0.15) is 17.2 Å². The maximum atomic E-state index is 13.9. The summed E-state index contributed by atoms with van der Waals surface area (Å²) < 4.78 is 96.5. The number of nitrogens with zero attached hydrogens (tertiary/aromatic N) is 2. The topological polar surface area (TPSA) is 81.4 Å². The number of hydrogen-bond donors (Lipinski definition) is 1. The zero-order valence-electron chi connectivity index (χ0n) is 13.0. The van der Waals surface area contributed by atoms with Crippen LogP contribution in [-0.2, 0) is 23.3 Å². The van der Waals surface area contributed by atoms with Gasteiger partial charge in [-0.3, -0.25) is 4.68 Å². The largest absolute Gasteiger partial charge is 0.501 e. The van der Waals surface area contributed by atoms with Crippen molar-refractivity contribution < 1.29 is 40.2 Å². The Hall–Kier alpha value is -2.21. The Kier molecular flexibility index (Phi) is 4.03. The third kappa shape index (κ3) is 2.82. The minimum Gasteiger partial charge on any atom is -0.454 e. The van der Waals surface area contributed by atoms with Crippen molar-refractivity contribution in [3.8, 4) is 11.5 Å². The molecule has 6 nitrogen and oxygen atoms in total. The van der Waals surface area contributed by atoms with Gasteiger partial charge in [-0.2, -0.15) is 18.3 Å². The van der Waals surface area contributed by atoms with Crippen LogP contribution >= 0.6 is 0 Å². The van der Waals surface area contributed by atoms with E-state index in [9.17, 15) is 35.5 Å². The molecule has 142 valence electrons. The van der Waals surface area contributed by atoms with E-state index < -0.39 is 49.8 Å². The molecule has 1 aromatic heterocycles. The predicted molar refractivity (Wildman–Crippen MR) is 76.6 cm³/mol. The van der Waals surface area contributed by atoms with Crippen molar-refractivity contribution in [3.05, 3.63) is 35.7 Å². The number of aliphatic hydroxyl groups excluding tert-OH is 1. The molecular weight excluding hydrogens is 387 g/mol. The second-order valence-corrected chi connectivity index (χ2v) is 7.60. The van der Waals surface area contributed by atoms with Gasteiger partial charge in [0.1, 0.15) is 11.9 Å². The Morgan fingerprint density at radius 2 is 2.00 bits per heavy atom. The van der Waals surface area contributed by atoms with Crippen molar-refractivity contribution >= 4 is 9.84 Å². The lowest BCUT2D eigenvalue weighted by Crippen LogP contribution is -2.26. The number of alkyl halides is 5. The predicted octanol–water partition coefficient (Wildman–Crippen LogP) is 2.73. The van der Waals surface area contributed by atoms with Gasteiger partial charge in [0.05, 0.1) is 17.3 Å². The van der Waals surface area contributed by atoms with Gasteiger partial charge in [-0.15, -0.1) is 0 Å². The fraction of sp³-hybridized carbons (Fsp3) is 0.357. The summed E-state index contributed by atoms with van der Waals surface area (Å²) in [6.45, 7) is 0. The Balaban J connectivity index is 2.19. The maximum absolute atomic E-state index is 13.9. The van der Waals surface area contributed by atoms with Crippen molar-refractivity contribution in [1.29, 1.82) is 0 Å². The van der Waals surface area contributed by atoms with Crippen molar-refractivity contribution in [2.24, 2.45) is 7.05 Å². The average Bonchev–Trinajstić information content (AvgIpc) is 3.01. The van der Waals surface area contributed by atoms with Crippen LogP contribution in [0.5, 0.6) is 11.5 Å². The summed E-state index contributed by atoms with van der Waals surface area (Å²) in [7, 11) is -4.39. The van der Waals surface area contributed by atoms with Gasteiger partial charge in [0.25, 0.3) is 15.8 Å². The third-order valence-electron chi connectivity index (χ3n) is 3.86. The molecule has 12 heteroatoms. The van der Waals surface area contributed by atoms with E-state index in [1.165, 1.54) is 17.1 Å². The number of hydrogen-bond acceptors (Lipinski definition) is 5. The highest BCUT2D eigenvalue weighted by atomic mass is 32.2. The van der Waals surface area contributed by atoms with E-state index in [4.69, 9.17) is 4.74 Å². The van der Waals surface area contributed by atoms with E-state index in [-0.39, 0.29) is 11.5 Å². The van der Waals surface area contributed by atoms with E-state index in [2.05, 4.69) is 5.10 Å². The van der Waals surface area contributed by atoms with Crippen molar-refractivity contribution in [2.45, 2.75) is 28.9 Å². The van der Waals surface area contributed by atoms with Gasteiger partial charge in [-0.25, -0.2) is 17.2 Å². The number of sulfone groups is 1. The molecule has 0 saturated heterocycles. The Labute approximate surface area is 143 Å². The van der Waals surface area contributed by atoms with Crippen molar-refractivity contribution in [3.63, 3.8) is 0 Å². The molecule has 0 bridgehead atoms. The molecule has 0 spiro atoms. The van der Waals surface area contributed by atoms with Crippen LogP contribution in [-0.4, -0.2) is 34.7 Å². The molecule has 0 radical (unpaired) electrons. The standard InChI is InChI=1S/C14H11F5N2O4S/c1-21-6-7(5-20-21)25-9-2-3-10(26(23,24)14(17,18)19)11-8(9)4-13(15,16)12(11)22/h2-3,5-6,12,22H,4H2,1H3/t12-/m0/s1. The second-order valence-electron chi connectivity index (χ2n) is 5.70. The highest BCUT2D eigenvalue weighted by molar-refractivity contribution is 7.92. The quantitative estimate of drug-likeness (QED) is 0.805. The monoisotopic (exact) mass is 398 g/mol. The lowest BCUT2D eigenvalue weighted by Gasteiger charge is -2.17. The molecule has 1 aromatic carbocycles. The molecule has 1 aliphatic carbocycles. The summed E-state index contributed by atoms with van der Waals surface area (Å²) in [6, 6.07) is 1.34. The first-order valence-corrected chi connectivity index (χ1v) is 8.52. The molecule has 0 fully saturated rings. The summed E-state index contributed by atoms with van der Waals surface area (Å²) in [6.07, 6.45) is -1.27. The van der Waals surface area contributed by atoms with Crippen LogP contribution in [0, 0.1) is 0 Å². The molecule has 0 aliphatic heterocycles. The summed E-state index contributed by atoms with van der Waals surface area (Å²) in [5.74, 6) is -4.02. The van der Waals surface area contributed by atoms with Crippen molar-refractivity contribution in [1.82, 2.24) is 9.78 Å². The first kappa shape index (κ1) is 18.6. The van der Waals surface area contributed by atoms with Crippen molar-refractivity contribution in [2.75, 3.05) is 0 Å². The summed E-state index contributed by atoms with van der Waals surface area (Å²) in [5.41, 5.74) is -7.21. The van der Waals surface area contributed by atoms with E-state index in [0.29, 0.717) is 6.07 Å². The van der Waals surface area contributed by atoms with Gasteiger partial charge in [-0.1, -0.05) is 0 Å². The Morgan fingerprint density at radius 3 is 2.54 bits per heavy atom. The molecule has 1 N–H and O–H groups in total. The van der Waals surface area contributed by atoms with Gasteiger partial charge < -0.3 is 9.84 Å². The Morgan fingerprint density at radius 1 is 1.35 bits per heavy atom. The molecule has 26 heavy (non-hydrogen) atoms. The number of aromatic nitrogens is 2. The van der Waals surface area contributed by atoms with Gasteiger partial charge in [0.2, 0.25) is 0 Å². The van der Waals surface area contributed by atoms with Gasteiger partial charge >= 0.3 is 5.51 Å². The average molecular weight is 398 g/mol. The normalized spacial score (nSPS) is 19.4. The summed E-state index contributed by atoms with van der Waals surface area (Å²) in [4.78, 5) is -1.41.